The van der Waals surface area contributed by atoms with Gasteiger partial charge in [-0.15, -0.1) is 23.7 Å². The Labute approximate surface area is 155 Å². The number of nitrogens with one attached hydrogen (secondary N) is 2. The van der Waals surface area contributed by atoms with Crippen molar-refractivity contribution in [3.05, 3.63) is 40.1 Å². The summed E-state index contributed by atoms with van der Waals surface area (Å²) in [6, 6.07) is 3.63. The number of aromatic nitrogens is 4. The van der Waals surface area contributed by atoms with Crippen molar-refractivity contribution < 1.29 is 4.79 Å². The molecule has 25 heavy (non-hydrogen) atoms. The predicted molar refractivity (Wildman–Crippen MR) is 101 cm³/mol. The standard InChI is InChI=1S/C16H20N6OS.ClH/c1-9(2)6-11(17)16-20-13(8-24-16)15(23)19-7-12-10-4-3-5-18-14(10)22-21-12;/h3-5,8-9,11H,6-7,17H2,1-2H3,(H,19,23)(H,18,21,22);1H/t11-;/m0./s1. The number of nitrogens with two attached hydrogens (primary N) is 1. The van der Waals surface area contributed by atoms with Crippen LogP contribution in [0.4, 0.5) is 0 Å². The monoisotopic (exact) mass is 380 g/mol. The maximum atomic E-state index is 12.3. The van der Waals surface area contributed by atoms with Crippen LogP contribution in [0.2, 0.25) is 0 Å². The van der Waals surface area contributed by atoms with Crippen LogP contribution in [-0.2, 0) is 6.54 Å². The first-order valence-electron chi connectivity index (χ1n) is 7.81. The number of carbonyl (C=O) groups excluding carboxylic acids is 1. The summed E-state index contributed by atoms with van der Waals surface area (Å²) in [6.45, 7) is 4.57. The molecule has 1 atom stereocenters. The molecule has 0 saturated carbocycles. The molecule has 0 aromatic carbocycles. The Kier molecular flexibility index (Phi) is 6.46. The second-order valence-corrected chi connectivity index (χ2v) is 6.96. The van der Waals surface area contributed by atoms with Crippen molar-refractivity contribution in [3.63, 3.8) is 0 Å². The smallest absolute Gasteiger partial charge is 0.271 e. The first kappa shape index (κ1) is 19.3. The van der Waals surface area contributed by atoms with Gasteiger partial charge in [-0.25, -0.2) is 9.97 Å². The van der Waals surface area contributed by atoms with Crippen LogP contribution in [0.15, 0.2) is 23.7 Å². The first-order valence-corrected chi connectivity index (χ1v) is 8.69. The third kappa shape index (κ3) is 4.53. The van der Waals surface area contributed by atoms with E-state index in [0.29, 0.717) is 23.8 Å². The Bertz CT molecular complexity index is 846. The number of fused-ring (bicyclic) bond motifs is 1. The highest BCUT2D eigenvalue weighted by atomic mass is 35.5. The second kappa shape index (κ2) is 8.37. The quantitative estimate of drug-likeness (QED) is 0.609. The Balaban J connectivity index is 0.00000225. The summed E-state index contributed by atoms with van der Waals surface area (Å²) in [7, 11) is 0. The molecule has 7 nitrogen and oxygen atoms in total. The van der Waals surface area contributed by atoms with Crippen LogP contribution in [0.5, 0.6) is 0 Å². The molecule has 3 aromatic heterocycles. The summed E-state index contributed by atoms with van der Waals surface area (Å²) in [5.41, 5.74) is 7.97. The van der Waals surface area contributed by atoms with E-state index in [0.717, 1.165) is 22.5 Å². The lowest BCUT2D eigenvalue weighted by Gasteiger charge is -2.10. The van der Waals surface area contributed by atoms with Gasteiger partial charge in [0.2, 0.25) is 0 Å². The normalized spacial score (nSPS) is 12.2. The minimum atomic E-state index is -0.221. The summed E-state index contributed by atoms with van der Waals surface area (Å²) in [5.74, 6) is 0.268. The molecule has 0 fully saturated rings. The molecule has 0 saturated heterocycles. The van der Waals surface area contributed by atoms with Crippen LogP contribution in [0.1, 0.15) is 47.5 Å². The number of pyridine rings is 1. The number of hydrogen-bond donors (Lipinski definition) is 3. The van der Waals surface area contributed by atoms with Crippen molar-refractivity contribution in [2.75, 3.05) is 0 Å². The van der Waals surface area contributed by atoms with E-state index in [9.17, 15) is 4.79 Å². The number of carbonyl (C=O) groups is 1. The van der Waals surface area contributed by atoms with E-state index >= 15 is 0 Å². The molecule has 4 N–H and O–H groups in total. The minimum Gasteiger partial charge on any atom is -0.345 e. The number of amides is 1. The van der Waals surface area contributed by atoms with Gasteiger partial charge in [0.25, 0.3) is 5.91 Å². The van der Waals surface area contributed by atoms with Gasteiger partial charge in [0.05, 0.1) is 18.3 Å². The van der Waals surface area contributed by atoms with Gasteiger partial charge < -0.3 is 11.1 Å². The third-order valence-electron chi connectivity index (χ3n) is 3.63. The molecule has 134 valence electrons. The SMILES string of the molecule is CC(C)C[C@H](N)c1nc(C(=O)NCc2[nH]nc3ncccc23)cs1.Cl. The first-order chi connectivity index (χ1) is 11.5. The van der Waals surface area contributed by atoms with Crippen molar-refractivity contribution in [2.45, 2.75) is 32.9 Å². The molecule has 0 aliphatic carbocycles. The molecule has 1 amide bonds. The van der Waals surface area contributed by atoms with Gasteiger partial charge in [0.15, 0.2) is 5.65 Å². The largest absolute Gasteiger partial charge is 0.345 e. The molecular weight excluding hydrogens is 360 g/mol. The molecule has 0 unspecified atom stereocenters. The van der Waals surface area contributed by atoms with Crippen molar-refractivity contribution in [1.82, 2.24) is 25.5 Å². The van der Waals surface area contributed by atoms with Crippen molar-refractivity contribution >= 4 is 40.7 Å². The van der Waals surface area contributed by atoms with E-state index in [1.165, 1.54) is 11.3 Å². The van der Waals surface area contributed by atoms with Crippen LogP contribution in [-0.4, -0.2) is 26.1 Å². The fourth-order valence-corrected chi connectivity index (χ4v) is 3.28. The number of rotatable bonds is 6. The number of hydrogen-bond acceptors (Lipinski definition) is 6. The number of thiazole rings is 1. The minimum absolute atomic E-state index is 0. The molecule has 0 radical (unpaired) electrons. The Morgan fingerprint density at radius 1 is 1.44 bits per heavy atom. The van der Waals surface area contributed by atoms with Gasteiger partial charge in [-0.1, -0.05) is 13.8 Å². The van der Waals surface area contributed by atoms with Gasteiger partial charge in [-0.2, -0.15) is 5.10 Å². The maximum Gasteiger partial charge on any atom is 0.271 e. The highest BCUT2D eigenvalue weighted by Gasteiger charge is 2.16. The molecule has 3 heterocycles. The zero-order valence-electron chi connectivity index (χ0n) is 14.0. The molecule has 3 rings (SSSR count). The van der Waals surface area contributed by atoms with Crippen LogP contribution in [0, 0.1) is 5.92 Å². The van der Waals surface area contributed by atoms with E-state index in [4.69, 9.17) is 5.73 Å². The lowest BCUT2D eigenvalue weighted by atomic mass is 10.1. The lowest BCUT2D eigenvalue weighted by molar-refractivity contribution is 0.0946. The lowest BCUT2D eigenvalue weighted by Crippen LogP contribution is -2.23. The highest BCUT2D eigenvalue weighted by Crippen LogP contribution is 2.22. The molecule has 9 heteroatoms. The molecule has 0 aliphatic rings. The Hall–Kier alpha value is -2.03. The number of halogens is 1. The zero-order valence-corrected chi connectivity index (χ0v) is 15.7. The van der Waals surface area contributed by atoms with E-state index in [1.807, 2.05) is 12.1 Å². The third-order valence-corrected chi connectivity index (χ3v) is 4.61. The molecule has 0 bridgehead atoms. The van der Waals surface area contributed by atoms with Gasteiger partial charge in [0, 0.05) is 17.0 Å². The van der Waals surface area contributed by atoms with Crippen LogP contribution >= 0.6 is 23.7 Å². The molecular formula is C16H21ClN6OS. The van der Waals surface area contributed by atoms with Gasteiger partial charge in [0.1, 0.15) is 10.7 Å². The number of H-pyrrole nitrogens is 1. The topological polar surface area (TPSA) is 110 Å². The fraction of sp³-hybridized carbons (Fsp3) is 0.375. The van der Waals surface area contributed by atoms with Crippen LogP contribution in [0.3, 0.4) is 0 Å². The number of nitrogens with zero attached hydrogens (tertiary/aromatic N) is 3. The average molecular weight is 381 g/mol. The van der Waals surface area contributed by atoms with Crippen molar-refractivity contribution in [2.24, 2.45) is 11.7 Å². The average Bonchev–Trinajstić information content (AvgIpc) is 3.19. The van der Waals surface area contributed by atoms with Crippen molar-refractivity contribution in [1.29, 1.82) is 0 Å². The molecule has 3 aromatic rings. The molecule has 0 spiro atoms. The van der Waals surface area contributed by atoms with Gasteiger partial charge >= 0.3 is 0 Å². The molecule has 0 aliphatic heterocycles. The zero-order chi connectivity index (χ0) is 17.1. The Morgan fingerprint density at radius 3 is 3.00 bits per heavy atom. The van der Waals surface area contributed by atoms with Crippen molar-refractivity contribution in [3.8, 4) is 0 Å². The van der Waals surface area contributed by atoms with E-state index in [1.54, 1.807) is 11.6 Å². The number of aromatic amines is 1. The van der Waals surface area contributed by atoms with E-state index in [-0.39, 0.29) is 24.4 Å². The summed E-state index contributed by atoms with van der Waals surface area (Å²) in [5, 5.41) is 13.3. The fourth-order valence-electron chi connectivity index (χ4n) is 2.47. The van der Waals surface area contributed by atoms with E-state index < -0.39 is 0 Å². The summed E-state index contributed by atoms with van der Waals surface area (Å²) in [6.07, 6.45) is 2.53. The van der Waals surface area contributed by atoms with Gasteiger partial charge in [-0.05, 0) is 24.5 Å². The summed E-state index contributed by atoms with van der Waals surface area (Å²) >= 11 is 1.43. The second-order valence-electron chi connectivity index (χ2n) is 6.07. The Morgan fingerprint density at radius 2 is 2.24 bits per heavy atom. The summed E-state index contributed by atoms with van der Waals surface area (Å²) < 4.78 is 0. The van der Waals surface area contributed by atoms with Crippen LogP contribution < -0.4 is 11.1 Å². The highest BCUT2D eigenvalue weighted by molar-refractivity contribution is 7.09. The van der Waals surface area contributed by atoms with E-state index in [2.05, 4.69) is 39.3 Å². The predicted octanol–water partition coefficient (Wildman–Crippen LogP) is 2.81. The van der Waals surface area contributed by atoms with Gasteiger partial charge in [-0.3, -0.25) is 9.89 Å². The van der Waals surface area contributed by atoms with Crippen LogP contribution in [0.25, 0.3) is 11.0 Å². The summed E-state index contributed by atoms with van der Waals surface area (Å²) in [4.78, 5) is 20.8. The maximum absolute atomic E-state index is 12.3.